The molecule has 2 heterocycles. The molecule has 0 radical (unpaired) electrons. The number of carboxylic acid groups (broad SMARTS) is 1. The van der Waals surface area contributed by atoms with Crippen LogP contribution in [-0.4, -0.2) is 43.8 Å². The summed E-state index contributed by atoms with van der Waals surface area (Å²) in [5, 5.41) is 8.11. The first-order valence-electron chi connectivity index (χ1n) is 4.41. The Balaban J connectivity index is 2.37. The highest BCUT2D eigenvalue weighted by molar-refractivity contribution is 8.01. The molecule has 0 bridgehead atoms. The fraction of sp³-hybridized carbons (Fsp3) is 0.750. The Morgan fingerprint density at radius 3 is 2.67 bits per heavy atom. The van der Waals surface area contributed by atoms with Crippen LogP contribution in [0.3, 0.4) is 0 Å². The van der Waals surface area contributed by atoms with Crippen LogP contribution in [0.4, 0.5) is 4.39 Å². The van der Waals surface area contributed by atoms with Gasteiger partial charge in [-0.3, -0.25) is 10.5 Å². The third kappa shape index (κ3) is 1.13. The number of β-lactam (4-membered cyclic amide) rings is 1. The Hall–Kier alpha value is -0.820. The van der Waals surface area contributed by atoms with Crippen molar-refractivity contribution in [2.45, 2.75) is 35.8 Å². The largest absolute Gasteiger partial charge is 0.480 e. The summed E-state index contributed by atoms with van der Waals surface area (Å²) in [7, 11) is 0. The molecule has 0 aliphatic carbocycles. The number of nitrogens with two attached hydrogens (primary N) is 1. The molecule has 15 heavy (non-hydrogen) atoms. The first-order chi connectivity index (χ1) is 6.69. The molecule has 3 N–H and O–H groups in total. The molecular formula is C8H11FN2O3S. The minimum absolute atomic E-state index is 0.723. The summed E-state index contributed by atoms with van der Waals surface area (Å²) in [6.07, 6.45) is 0. The van der Waals surface area contributed by atoms with Crippen LogP contribution in [0.15, 0.2) is 0 Å². The van der Waals surface area contributed by atoms with Crippen molar-refractivity contribution in [1.29, 1.82) is 0 Å². The average molecular weight is 234 g/mol. The van der Waals surface area contributed by atoms with Crippen LogP contribution in [-0.2, 0) is 9.59 Å². The van der Waals surface area contributed by atoms with Crippen LogP contribution in [0.2, 0.25) is 0 Å². The van der Waals surface area contributed by atoms with Gasteiger partial charge < -0.3 is 10.0 Å². The number of alkyl halides is 1. The molecule has 0 aromatic heterocycles. The number of rotatable bonds is 1. The number of carbonyl (C=O) groups excluding carboxylic acids is 1. The Kier molecular flexibility index (Phi) is 1.89. The van der Waals surface area contributed by atoms with Crippen molar-refractivity contribution < 1.29 is 19.1 Å². The van der Waals surface area contributed by atoms with Crippen molar-refractivity contribution in [1.82, 2.24) is 4.90 Å². The topological polar surface area (TPSA) is 83.6 Å². The molecule has 0 unspecified atom stereocenters. The molecule has 2 aliphatic heterocycles. The predicted octanol–water partition coefficient (Wildman–Crippen LogP) is -0.242. The zero-order valence-corrected chi connectivity index (χ0v) is 9.05. The third-order valence-electron chi connectivity index (χ3n) is 2.76. The van der Waals surface area contributed by atoms with Crippen molar-refractivity contribution >= 4 is 23.6 Å². The molecule has 1 amide bonds. The highest BCUT2D eigenvalue weighted by Crippen LogP contribution is 2.54. The number of halogens is 1. The van der Waals surface area contributed by atoms with Gasteiger partial charge in [-0.1, -0.05) is 0 Å². The predicted molar refractivity (Wildman–Crippen MR) is 51.8 cm³/mol. The maximum absolute atomic E-state index is 13.5. The number of carboxylic acids is 1. The van der Waals surface area contributed by atoms with Gasteiger partial charge in [0.15, 0.2) is 0 Å². The number of carbonyl (C=O) groups is 2. The van der Waals surface area contributed by atoms with Crippen LogP contribution in [0.1, 0.15) is 13.8 Å². The highest BCUT2D eigenvalue weighted by atomic mass is 32.2. The molecule has 0 spiro atoms. The third-order valence-corrected chi connectivity index (χ3v) is 4.38. The number of fused-ring (bicyclic) bond motifs is 1. The average Bonchev–Trinajstić information content (AvgIpc) is 2.35. The molecular weight excluding hydrogens is 223 g/mol. The number of thioether (sulfide) groups is 1. The summed E-state index contributed by atoms with van der Waals surface area (Å²) in [6, 6.07) is -1.01. The second-order valence-electron chi connectivity index (χ2n) is 4.29. The van der Waals surface area contributed by atoms with E-state index in [2.05, 4.69) is 0 Å². The summed E-state index contributed by atoms with van der Waals surface area (Å²) in [5.41, 5.74) is 5.16. The van der Waals surface area contributed by atoms with Gasteiger partial charge in [-0.25, -0.2) is 9.18 Å². The minimum atomic E-state index is -2.41. The normalized spacial score (nSPS) is 42.4. The SMILES string of the molecule is CC1(C)S[C@H]2N(C(=O)[C@@]2(N)F)[C@H]1C(=O)O. The number of nitrogens with zero attached hydrogens (tertiary/aromatic N) is 1. The van der Waals surface area contributed by atoms with E-state index in [1.807, 2.05) is 0 Å². The van der Waals surface area contributed by atoms with Crippen molar-refractivity contribution in [2.24, 2.45) is 5.73 Å². The lowest BCUT2D eigenvalue weighted by Crippen LogP contribution is -2.75. The fourth-order valence-corrected chi connectivity index (χ4v) is 3.57. The summed E-state index contributed by atoms with van der Waals surface area (Å²) in [4.78, 5) is 23.3. The van der Waals surface area contributed by atoms with Gasteiger partial charge in [0.05, 0.1) is 0 Å². The van der Waals surface area contributed by atoms with E-state index in [0.29, 0.717) is 0 Å². The monoisotopic (exact) mass is 234 g/mol. The second-order valence-corrected chi connectivity index (χ2v) is 6.03. The van der Waals surface area contributed by atoms with Crippen molar-refractivity contribution in [2.75, 3.05) is 0 Å². The van der Waals surface area contributed by atoms with Gasteiger partial charge >= 0.3 is 5.97 Å². The molecule has 2 rings (SSSR count). The van der Waals surface area contributed by atoms with Gasteiger partial charge in [-0.15, -0.1) is 11.8 Å². The van der Waals surface area contributed by atoms with E-state index in [1.54, 1.807) is 13.8 Å². The lowest BCUT2D eigenvalue weighted by molar-refractivity contribution is -0.176. The van der Waals surface area contributed by atoms with E-state index in [1.165, 1.54) is 0 Å². The quantitative estimate of drug-likeness (QED) is 0.483. The lowest BCUT2D eigenvalue weighted by atomic mass is 9.95. The van der Waals surface area contributed by atoms with Gasteiger partial charge in [0.2, 0.25) is 0 Å². The van der Waals surface area contributed by atoms with E-state index in [-0.39, 0.29) is 0 Å². The standard InChI is InChI=1S/C8H11FN2O3S/c1-7(2)3(4(12)13)11-5(14)8(9,10)6(11)15-7/h3,6H,10H2,1-2H3,(H,12,13)/t3-,6+,8-/m0/s1. The lowest BCUT2D eigenvalue weighted by Gasteiger charge is -2.45. The summed E-state index contributed by atoms with van der Waals surface area (Å²) in [5.74, 6) is -4.47. The Labute approximate surface area is 89.8 Å². The number of hydrogen-bond donors (Lipinski definition) is 2. The zero-order valence-electron chi connectivity index (χ0n) is 8.23. The maximum atomic E-state index is 13.5. The molecule has 84 valence electrons. The molecule has 0 aromatic rings. The molecule has 2 saturated heterocycles. The van der Waals surface area contributed by atoms with Crippen LogP contribution in [0, 0.1) is 0 Å². The van der Waals surface area contributed by atoms with Crippen molar-refractivity contribution in [3.63, 3.8) is 0 Å². The first-order valence-corrected chi connectivity index (χ1v) is 5.29. The zero-order chi connectivity index (χ0) is 11.6. The van der Waals surface area contributed by atoms with Gasteiger partial charge in [-0.05, 0) is 13.8 Å². The summed E-state index contributed by atoms with van der Waals surface area (Å²) >= 11 is 1.09. The summed E-state index contributed by atoms with van der Waals surface area (Å²) < 4.78 is 12.8. The van der Waals surface area contributed by atoms with E-state index in [4.69, 9.17) is 10.8 Å². The van der Waals surface area contributed by atoms with Gasteiger partial charge in [0.25, 0.3) is 11.7 Å². The molecule has 0 saturated carbocycles. The number of amides is 1. The van der Waals surface area contributed by atoms with Gasteiger partial charge in [-0.2, -0.15) is 0 Å². The van der Waals surface area contributed by atoms with Crippen LogP contribution in [0.25, 0.3) is 0 Å². The van der Waals surface area contributed by atoms with Crippen molar-refractivity contribution in [3.05, 3.63) is 0 Å². The van der Waals surface area contributed by atoms with E-state index < -0.39 is 33.8 Å². The van der Waals surface area contributed by atoms with E-state index >= 15 is 0 Å². The van der Waals surface area contributed by atoms with Gasteiger partial charge in [0, 0.05) is 4.75 Å². The van der Waals surface area contributed by atoms with E-state index in [9.17, 15) is 14.0 Å². The fourth-order valence-electron chi connectivity index (χ4n) is 2.04. The molecule has 2 fully saturated rings. The van der Waals surface area contributed by atoms with Crippen LogP contribution >= 0.6 is 11.8 Å². The smallest absolute Gasteiger partial charge is 0.327 e. The minimum Gasteiger partial charge on any atom is -0.480 e. The Morgan fingerprint density at radius 2 is 2.20 bits per heavy atom. The number of aliphatic carboxylic acids is 1. The van der Waals surface area contributed by atoms with E-state index in [0.717, 1.165) is 16.7 Å². The van der Waals surface area contributed by atoms with Crippen LogP contribution in [0.5, 0.6) is 0 Å². The second kappa shape index (κ2) is 2.65. The highest BCUT2D eigenvalue weighted by Gasteiger charge is 2.71. The first kappa shape index (κ1) is 10.7. The molecule has 2 aliphatic rings. The molecule has 3 atom stereocenters. The maximum Gasteiger partial charge on any atom is 0.327 e. The van der Waals surface area contributed by atoms with Crippen LogP contribution < -0.4 is 5.73 Å². The number of hydrogen-bond acceptors (Lipinski definition) is 4. The van der Waals surface area contributed by atoms with Crippen molar-refractivity contribution in [3.8, 4) is 0 Å². The molecule has 5 nitrogen and oxygen atoms in total. The Bertz CT molecular complexity index is 358. The van der Waals surface area contributed by atoms with Gasteiger partial charge in [0.1, 0.15) is 11.4 Å². The molecule has 0 aromatic carbocycles. The summed E-state index contributed by atoms with van der Waals surface area (Å²) in [6.45, 7) is 3.33. The molecule has 7 heteroatoms. The Morgan fingerprint density at radius 1 is 1.67 bits per heavy atom.